The van der Waals surface area contributed by atoms with E-state index >= 15 is 0 Å². The predicted octanol–water partition coefficient (Wildman–Crippen LogP) is 0.177. The zero-order valence-corrected chi connectivity index (χ0v) is 6.25. The topological polar surface area (TPSA) is 24.1 Å². The molecule has 0 radical (unpaired) electrons. The summed E-state index contributed by atoms with van der Waals surface area (Å²) in [6.07, 6.45) is 1.08. The molecule has 0 aromatic rings. The van der Waals surface area contributed by atoms with Crippen LogP contribution in [0, 0.1) is 0 Å². The van der Waals surface area contributed by atoms with Crippen LogP contribution in [0.15, 0.2) is 0 Å². The summed E-state index contributed by atoms with van der Waals surface area (Å²) in [7, 11) is 0. The highest BCUT2D eigenvalue weighted by Crippen LogP contribution is 1.94. The molecule has 3 heteroatoms. The summed E-state index contributed by atoms with van der Waals surface area (Å²) >= 11 is 5.57. The number of hydrogen-bond acceptors (Lipinski definition) is 2. The number of hydrogen-bond donors (Lipinski definition) is 2. The zero-order valence-electron chi connectivity index (χ0n) is 5.49. The Bertz CT molecular complexity index is 68.7. The Morgan fingerprint density at radius 1 is 1.44 bits per heavy atom. The lowest BCUT2D eigenvalue weighted by Crippen LogP contribution is -2.48. The summed E-state index contributed by atoms with van der Waals surface area (Å²) in [5.74, 6) is 0.763. The van der Waals surface area contributed by atoms with Gasteiger partial charge in [-0.15, -0.1) is 11.6 Å². The molecule has 1 aliphatic rings. The van der Waals surface area contributed by atoms with Crippen LogP contribution in [0.2, 0.25) is 0 Å². The monoisotopic (exact) mass is 148 g/mol. The SMILES string of the molecule is ClCC[C@@H]1CNCCN1. The van der Waals surface area contributed by atoms with Crippen LogP contribution in [0.25, 0.3) is 0 Å². The summed E-state index contributed by atoms with van der Waals surface area (Å²) in [6.45, 7) is 3.26. The molecule has 0 aromatic carbocycles. The van der Waals surface area contributed by atoms with Crippen molar-refractivity contribution in [1.82, 2.24) is 10.6 Å². The molecule has 0 aliphatic carbocycles. The van der Waals surface area contributed by atoms with Crippen molar-refractivity contribution in [3.05, 3.63) is 0 Å². The Balaban J connectivity index is 2.08. The van der Waals surface area contributed by atoms with Gasteiger partial charge in [-0.25, -0.2) is 0 Å². The van der Waals surface area contributed by atoms with Crippen LogP contribution in [-0.2, 0) is 0 Å². The maximum Gasteiger partial charge on any atom is 0.0238 e. The lowest BCUT2D eigenvalue weighted by molar-refractivity contribution is 0.411. The summed E-state index contributed by atoms with van der Waals surface area (Å²) in [4.78, 5) is 0. The van der Waals surface area contributed by atoms with Gasteiger partial charge in [0.1, 0.15) is 0 Å². The minimum atomic E-state index is 0.608. The van der Waals surface area contributed by atoms with E-state index in [0.29, 0.717) is 6.04 Å². The van der Waals surface area contributed by atoms with E-state index in [0.717, 1.165) is 31.9 Å². The van der Waals surface area contributed by atoms with Crippen molar-refractivity contribution in [3.8, 4) is 0 Å². The van der Waals surface area contributed by atoms with Crippen LogP contribution in [-0.4, -0.2) is 31.6 Å². The molecule has 2 nitrogen and oxygen atoms in total. The third-order valence-corrected chi connectivity index (χ3v) is 1.80. The van der Waals surface area contributed by atoms with E-state index in [1.807, 2.05) is 0 Å². The fourth-order valence-corrected chi connectivity index (χ4v) is 1.31. The molecule has 9 heavy (non-hydrogen) atoms. The van der Waals surface area contributed by atoms with Gasteiger partial charge in [0.05, 0.1) is 0 Å². The first kappa shape index (κ1) is 7.32. The first-order valence-electron chi connectivity index (χ1n) is 3.43. The van der Waals surface area contributed by atoms with Gasteiger partial charge >= 0.3 is 0 Å². The first-order valence-corrected chi connectivity index (χ1v) is 3.97. The quantitative estimate of drug-likeness (QED) is 0.546. The van der Waals surface area contributed by atoms with Gasteiger partial charge in [0.25, 0.3) is 0 Å². The Labute approximate surface area is 61.0 Å². The van der Waals surface area contributed by atoms with E-state index in [9.17, 15) is 0 Å². The second-order valence-corrected chi connectivity index (χ2v) is 2.71. The zero-order chi connectivity index (χ0) is 6.53. The van der Waals surface area contributed by atoms with Crippen molar-refractivity contribution >= 4 is 11.6 Å². The van der Waals surface area contributed by atoms with E-state index in [4.69, 9.17) is 11.6 Å². The van der Waals surface area contributed by atoms with Crippen LogP contribution in [0.4, 0.5) is 0 Å². The molecule has 0 saturated carbocycles. The first-order chi connectivity index (χ1) is 4.43. The second-order valence-electron chi connectivity index (χ2n) is 2.33. The number of halogens is 1. The molecule has 1 saturated heterocycles. The van der Waals surface area contributed by atoms with Gasteiger partial charge in [-0.05, 0) is 6.42 Å². The van der Waals surface area contributed by atoms with Gasteiger partial charge in [0.15, 0.2) is 0 Å². The highest BCUT2D eigenvalue weighted by Gasteiger charge is 2.09. The lowest BCUT2D eigenvalue weighted by Gasteiger charge is -2.23. The molecule has 2 N–H and O–H groups in total. The molecule has 1 atom stereocenters. The highest BCUT2D eigenvalue weighted by atomic mass is 35.5. The van der Waals surface area contributed by atoms with E-state index in [2.05, 4.69) is 10.6 Å². The largest absolute Gasteiger partial charge is 0.314 e. The summed E-state index contributed by atoms with van der Waals surface area (Å²) in [5.41, 5.74) is 0. The Morgan fingerprint density at radius 3 is 2.89 bits per heavy atom. The summed E-state index contributed by atoms with van der Waals surface area (Å²) < 4.78 is 0. The van der Waals surface area contributed by atoms with Gasteiger partial charge in [0, 0.05) is 31.6 Å². The third kappa shape index (κ3) is 2.52. The van der Waals surface area contributed by atoms with Crippen molar-refractivity contribution in [2.75, 3.05) is 25.5 Å². The van der Waals surface area contributed by atoms with Gasteiger partial charge in [-0.2, -0.15) is 0 Å². The lowest BCUT2D eigenvalue weighted by atomic mass is 10.2. The molecule has 54 valence electrons. The highest BCUT2D eigenvalue weighted by molar-refractivity contribution is 6.17. The Morgan fingerprint density at radius 2 is 2.33 bits per heavy atom. The summed E-state index contributed by atoms with van der Waals surface area (Å²) in [5, 5.41) is 6.67. The van der Waals surface area contributed by atoms with Crippen LogP contribution < -0.4 is 10.6 Å². The van der Waals surface area contributed by atoms with Crippen molar-refractivity contribution in [3.63, 3.8) is 0 Å². The molecule has 0 unspecified atom stereocenters. The fourth-order valence-electron chi connectivity index (χ4n) is 1.05. The second kappa shape index (κ2) is 4.09. The van der Waals surface area contributed by atoms with Crippen LogP contribution >= 0.6 is 11.6 Å². The fraction of sp³-hybridized carbons (Fsp3) is 1.00. The van der Waals surface area contributed by atoms with E-state index in [-0.39, 0.29) is 0 Å². The van der Waals surface area contributed by atoms with Gasteiger partial charge in [0.2, 0.25) is 0 Å². The van der Waals surface area contributed by atoms with E-state index in [1.54, 1.807) is 0 Å². The average Bonchev–Trinajstić information content (AvgIpc) is 1.91. The van der Waals surface area contributed by atoms with Crippen LogP contribution in [0.3, 0.4) is 0 Å². The van der Waals surface area contributed by atoms with Gasteiger partial charge in [-0.1, -0.05) is 0 Å². The predicted molar refractivity (Wildman–Crippen MR) is 40.0 cm³/mol. The number of alkyl halides is 1. The van der Waals surface area contributed by atoms with Crippen LogP contribution in [0.1, 0.15) is 6.42 Å². The maximum atomic E-state index is 5.57. The molecule has 1 aliphatic heterocycles. The minimum absolute atomic E-state index is 0.608. The standard InChI is InChI=1S/C6H13ClN2/c7-2-1-6-5-8-3-4-9-6/h6,8-9H,1-5H2/t6-/m1/s1. The van der Waals surface area contributed by atoms with Crippen molar-refractivity contribution < 1.29 is 0 Å². The molecule has 0 aromatic heterocycles. The van der Waals surface area contributed by atoms with Crippen molar-refractivity contribution in [1.29, 1.82) is 0 Å². The molecule has 1 heterocycles. The molecule has 1 fully saturated rings. The van der Waals surface area contributed by atoms with Gasteiger partial charge < -0.3 is 10.6 Å². The summed E-state index contributed by atoms with van der Waals surface area (Å²) in [6, 6.07) is 0.608. The minimum Gasteiger partial charge on any atom is -0.314 e. The van der Waals surface area contributed by atoms with Crippen molar-refractivity contribution in [2.24, 2.45) is 0 Å². The van der Waals surface area contributed by atoms with E-state index < -0.39 is 0 Å². The average molecular weight is 149 g/mol. The maximum absolute atomic E-state index is 5.57. The molecule has 1 rings (SSSR count). The Hall–Kier alpha value is 0.210. The van der Waals surface area contributed by atoms with E-state index in [1.165, 1.54) is 0 Å². The molecule has 0 amide bonds. The van der Waals surface area contributed by atoms with Crippen LogP contribution in [0.5, 0.6) is 0 Å². The third-order valence-electron chi connectivity index (χ3n) is 1.58. The Kier molecular flexibility index (Phi) is 3.33. The number of rotatable bonds is 2. The van der Waals surface area contributed by atoms with Gasteiger partial charge in [-0.3, -0.25) is 0 Å². The van der Waals surface area contributed by atoms with Crippen molar-refractivity contribution in [2.45, 2.75) is 12.5 Å². The molecule has 0 spiro atoms. The molecular weight excluding hydrogens is 136 g/mol. The smallest absolute Gasteiger partial charge is 0.0238 e. The molecular formula is C6H13ClN2. The normalized spacial score (nSPS) is 28.3. The molecule has 0 bridgehead atoms. The number of nitrogens with one attached hydrogen (secondary N) is 2. The number of piperazine rings is 1.